The molecule has 0 bridgehead atoms. The van der Waals surface area contributed by atoms with Crippen LogP contribution in [0.25, 0.3) is 22.1 Å². The minimum atomic E-state index is -0.407. The van der Waals surface area contributed by atoms with Crippen molar-refractivity contribution < 1.29 is 14.3 Å². The van der Waals surface area contributed by atoms with Crippen LogP contribution in [0.3, 0.4) is 0 Å². The van der Waals surface area contributed by atoms with Gasteiger partial charge in [0.05, 0.1) is 18.6 Å². The van der Waals surface area contributed by atoms with Crippen molar-refractivity contribution in [2.24, 2.45) is 0 Å². The molecular weight excluding hydrogens is 306 g/mol. The van der Waals surface area contributed by atoms with Crippen LogP contribution < -0.4 is 10.3 Å². The van der Waals surface area contributed by atoms with Crippen molar-refractivity contribution in [1.82, 2.24) is 0 Å². The van der Waals surface area contributed by atoms with Crippen LogP contribution in [0, 0.1) is 0 Å². The molecule has 0 spiro atoms. The predicted octanol–water partition coefficient (Wildman–Crippen LogP) is 3.00. The molecule has 1 saturated heterocycles. The minimum absolute atomic E-state index is 0.221. The van der Waals surface area contributed by atoms with Crippen LogP contribution in [0.15, 0.2) is 57.7 Å². The summed E-state index contributed by atoms with van der Waals surface area (Å²) in [4.78, 5) is 14.5. The molecule has 0 radical (unpaired) electrons. The third kappa shape index (κ3) is 2.43. The highest BCUT2D eigenvalue weighted by Gasteiger charge is 2.22. The molecule has 0 atom stereocenters. The number of anilines is 1. The van der Waals surface area contributed by atoms with E-state index in [1.807, 2.05) is 41.3 Å². The van der Waals surface area contributed by atoms with E-state index in [1.54, 1.807) is 12.1 Å². The Balaban J connectivity index is 1.96. The Hall–Kier alpha value is -2.79. The van der Waals surface area contributed by atoms with Crippen molar-refractivity contribution in [1.29, 1.82) is 0 Å². The predicted molar refractivity (Wildman–Crippen MR) is 92.6 cm³/mol. The highest BCUT2D eigenvalue weighted by molar-refractivity contribution is 5.93. The van der Waals surface area contributed by atoms with E-state index in [0.29, 0.717) is 37.3 Å². The van der Waals surface area contributed by atoms with Crippen LogP contribution in [0.5, 0.6) is 5.75 Å². The van der Waals surface area contributed by atoms with Crippen molar-refractivity contribution in [2.75, 3.05) is 31.2 Å². The summed E-state index contributed by atoms with van der Waals surface area (Å²) in [5.74, 6) is -0.117. The first-order valence-electron chi connectivity index (χ1n) is 7.92. The van der Waals surface area contributed by atoms with Gasteiger partial charge in [0.15, 0.2) is 0 Å². The zero-order chi connectivity index (χ0) is 16.5. The van der Waals surface area contributed by atoms with E-state index < -0.39 is 5.43 Å². The number of aromatic hydroxyl groups is 1. The molecule has 1 aliphatic rings. The fraction of sp³-hybridized carbons (Fsp3) is 0.211. The first-order chi connectivity index (χ1) is 11.8. The topological polar surface area (TPSA) is 62.9 Å². The Bertz CT molecular complexity index is 927. The van der Waals surface area contributed by atoms with E-state index >= 15 is 0 Å². The number of nitrogens with zero attached hydrogens (tertiary/aromatic N) is 1. The summed E-state index contributed by atoms with van der Waals surface area (Å²) in [6.45, 7) is 2.24. The van der Waals surface area contributed by atoms with Crippen molar-refractivity contribution in [3.63, 3.8) is 0 Å². The normalized spacial score (nSPS) is 14.9. The lowest BCUT2D eigenvalue weighted by Gasteiger charge is -2.27. The van der Waals surface area contributed by atoms with Crippen LogP contribution in [-0.4, -0.2) is 31.4 Å². The second kappa shape index (κ2) is 6.02. The standard InChI is InChI=1S/C19H17NO4/c21-16-15-8-4-7-14(13-5-2-1-3-6-13)18(15)24-19(17(16)22)20-9-11-23-12-10-20/h1-8,22H,9-12H2. The molecule has 2 heterocycles. The van der Waals surface area contributed by atoms with E-state index in [1.165, 1.54) is 0 Å². The van der Waals surface area contributed by atoms with Gasteiger partial charge in [-0.2, -0.15) is 0 Å². The third-order valence-corrected chi connectivity index (χ3v) is 4.26. The Labute approximate surface area is 138 Å². The van der Waals surface area contributed by atoms with Crippen molar-refractivity contribution >= 4 is 16.9 Å². The molecule has 0 aliphatic carbocycles. The van der Waals surface area contributed by atoms with Gasteiger partial charge in [0.25, 0.3) is 0 Å². The molecule has 1 aromatic heterocycles. The lowest BCUT2D eigenvalue weighted by molar-refractivity contribution is 0.120. The van der Waals surface area contributed by atoms with Gasteiger partial charge in [0.2, 0.25) is 17.1 Å². The molecule has 0 amide bonds. The number of ether oxygens (including phenoxy) is 1. The maximum Gasteiger partial charge on any atom is 0.242 e. The fourth-order valence-electron chi connectivity index (χ4n) is 3.02. The van der Waals surface area contributed by atoms with Crippen LogP contribution in [-0.2, 0) is 4.74 Å². The van der Waals surface area contributed by atoms with Crippen molar-refractivity contribution in [3.8, 4) is 16.9 Å². The lowest BCUT2D eigenvalue weighted by atomic mass is 10.0. The lowest BCUT2D eigenvalue weighted by Crippen LogP contribution is -2.36. The Morgan fingerprint density at radius 3 is 2.46 bits per heavy atom. The summed E-state index contributed by atoms with van der Waals surface area (Å²) in [7, 11) is 0. The molecule has 2 aromatic carbocycles. The van der Waals surface area contributed by atoms with E-state index in [9.17, 15) is 9.90 Å². The summed E-state index contributed by atoms with van der Waals surface area (Å²) >= 11 is 0. The highest BCUT2D eigenvalue weighted by Crippen LogP contribution is 2.34. The number of hydrogen-bond donors (Lipinski definition) is 1. The Morgan fingerprint density at radius 1 is 0.958 bits per heavy atom. The molecule has 24 heavy (non-hydrogen) atoms. The molecule has 0 unspecified atom stereocenters. The summed E-state index contributed by atoms with van der Waals surface area (Å²) in [5, 5.41) is 10.7. The van der Waals surface area contributed by atoms with Gasteiger partial charge < -0.3 is 19.2 Å². The monoisotopic (exact) mass is 323 g/mol. The van der Waals surface area contributed by atoms with Gasteiger partial charge in [-0.1, -0.05) is 42.5 Å². The van der Waals surface area contributed by atoms with Gasteiger partial charge in [-0.05, 0) is 11.6 Å². The summed E-state index contributed by atoms with van der Waals surface area (Å²) < 4.78 is 11.3. The SMILES string of the molecule is O=c1c(O)c(N2CCOCC2)oc2c(-c3ccccc3)cccc12. The number of benzene rings is 2. The first-order valence-corrected chi connectivity index (χ1v) is 7.92. The molecule has 1 fully saturated rings. The molecule has 5 heteroatoms. The molecular formula is C19H17NO4. The van der Waals surface area contributed by atoms with E-state index in [4.69, 9.17) is 9.15 Å². The minimum Gasteiger partial charge on any atom is -0.500 e. The summed E-state index contributed by atoms with van der Waals surface area (Å²) in [6.07, 6.45) is 0. The number of fused-ring (bicyclic) bond motifs is 1. The van der Waals surface area contributed by atoms with Gasteiger partial charge in [-0.15, -0.1) is 0 Å². The summed E-state index contributed by atoms with van der Waals surface area (Å²) in [6, 6.07) is 15.2. The molecule has 122 valence electrons. The highest BCUT2D eigenvalue weighted by atomic mass is 16.5. The zero-order valence-corrected chi connectivity index (χ0v) is 13.1. The number of hydrogen-bond acceptors (Lipinski definition) is 5. The van der Waals surface area contributed by atoms with Crippen molar-refractivity contribution in [3.05, 3.63) is 58.8 Å². The first kappa shape index (κ1) is 14.8. The number of morpholine rings is 1. The quantitative estimate of drug-likeness (QED) is 0.785. The molecule has 3 aromatic rings. The van der Waals surface area contributed by atoms with E-state index in [-0.39, 0.29) is 11.6 Å². The number of rotatable bonds is 2. The molecule has 1 aliphatic heterocycles. The molecule has 4 rings (SSSR count). The maximum absolute atomic E-state index is 12.6. The van der Waals surface area contributed by atoms with Crippen LogP contribution in [0.2, 0.25) is 0 Å². The van der Waals surface area contributed by atoms with Crippen LogP contribution >= 0.6 is 0 Å². The van der Waals surface area contributed by atoms with Crippen molar-refractivity contribution in [2.45, 2.75) is 0 Å². The van der Waals surface area contributed by atoms with Gasteiger partial charge in [0, 0.05) is 18.7 Å². The molecule has 1 N–H and O–H groups in total. The maximum atomic E-state index is 12.6. The smallest absolute Gasteiger partial charge is 0.242 e. The largest absolute Gasteiger partial charge is 0.500 e. The van der Waals surface area contributed by atoms with Gasteiger partial charge >= 0.3 is 0 Å². The van der Waals surface area contributed by atoms with E-state index in [2.05, 4.69) is 0 Å². The fourth-order valence-corrected chi connectivity index (χ4v) is 3.02. The van der Waals surface area contributed by atoms with Crippen LogP contribution in [0.1, 0.15) is 0 Å². The Kier molecular flexibility index (Phi) is 3.70. The van der Waals surface area contributed by atoms with Gasteiger partial charge in [-0.3, -0.25) is 4.79 Å². The average molecular weight is 323 g/mol. The van der Waals surface area contributed by atoms with Gasteiger partial charge in [0.1, 0.15) is 5.58 Å². The van der Waals surface area contributed by atoms with Crippen LogP contribution in [0.4, 0.5) is 5.88 Å². The third-order valence-electron chi connectivity index (χ3n) is 4.26. The second-order valence-corrected chi connectivity index (χ2v) is 5.73. The van der Waals surface area contributed by atoms with E-state index in [0.717, 1.165) is 11.1 Å². The average Bonchev–Trinajstić information content (AvgIpc) is 2.65. The molecule has 5 nitrogen and oxygen atoms in total. The second-order valence-electron chi connectivity index (χ2n) is 5.73. The van der Waals surface area contributed by atoms with Gasteiger partial charge in [-0.25, -0.2) is 0 Å². The number of para-hydroxylation sites is 1. The summed E-state index contributed by atoms with van der Waals surface area (Å²) in [5.41, 5.74) is 1.88. The zero-order valence-electron chi connectivity index (χ0n) is 13.1. The molecule has 0 saturated carbocycles. The Morgan fingerprint density at radius 2 is 1.71 bits per heavy atom.